The average molecular weight is 235 g/mol. The normalized spacial score (nSPS) is 17.1. The Labute approximate surface area is 101 Å². The molecule has 0 spiro atoms. The van der Waals surface area contributed by atoms with Crippen LogP contribution in [0.3, 0.4) is 0 Å². The van der Waals surface area contributed by atoms with Crippen LogP contribution in [0.5, 0.6) is 0 Å². The van der Waals surface area contributed by atoms with E-state index >= 15 is 0 Å². The molecule has 0 unspecified atom stereocenters. The van der Waals surface area contributed by atoms with E-state index in [0.29, 0.717) is 11.6 Å². The maximum Gasteiger partial charge on any atom is 0.124 e. The molecule has 0 atom stereocenters. The molecule has 1 aromatic rings. The van der Waals surface area contributed by atoms with Crippen molar-refractivity contribution in [3.63, 3.8) is 0 Å². The first-order valence-corrected chi connectivity index (χ1v) is 5.92. The van der Waals surface area contributed by atoms with Crippen molar-refractivity contribution in [2.75, 3.05) is 18.9 Å². The Morgan fingerprint density at radius 1 is 1.41 bits per heavy atom. The van der Waals surface area contributed by atoms with Gasteiger partial charge in [-0.2, -0.15) is 0 Å². The SMILES string of the molecule is C=C(C)c1cc(F)cc(C2CCOCC2)c1N. The van der Waals surface area contributed by atoms with E-state index in [1.54, 1.807) is 6.07 Å². The molecule has 3 heteroatoms. The van der Waals surface area contributed by atoms with E-state index < -0.39 is 0 Å². The molecule has 0 aliphatic carbocycles. The van der Waals surface area contributed by atoms with E-state index in [9.17, 15) is 4.39 Å². The van der Waals surface area contributed by atoms with Crippen molar-refractivity contribution in [1.29, 1.82) is 0 Å². The summed E-state index contributed by atoms with van der Waals surface area (Å²) in [6.07, 6.45) is 1.81. The Hall–Kier alpha value is -1.35. The molecule has 0 radical (unpaired) electrons. The molecule has 1 aliphatic heterocycles. The minimum absolute atomic E-state index is 0.237. The van der Waals surface area contributed by atoms with Crippen LogP contribution in [0.2, 0.25) is 0 Å². The van der Waals surface area contributed by atoms with Gasteiger partial charge in [-0.25, -0.2) is 4.39 Å². The fourth-order valence-corrected chi connectivity index (χ4v) is 2.34. The summed E-state index contributed by atoms with van der Waals surface area (Å²) >= 11 is 0. The van der Waals surface area contributed by atoms with Gasteiger partial charge in [0.2, 0.25) is 0 Å². The van der Waals surface area contributed by atoms with E-state index in [0.717, 1.165) is 42.8 Å². The highest BCUT2D eigenvalue weighted by Crippen LogP contribution is 2.35. The van der Waals surface area contributed by atoms with Gasteiger partial charge in [-0.05, 0) is 49.0 Å². The minimum atomic E-state index is -0.237. The summed E-state index contributed by atoms with van der Waals surface area (Å²) in [6, 6.07) is 3.01. The van der Waals surface area contributed by atoms with E-state index in [2.05, 4.69) is 6.58 Å². The van der Waals surface area contributed by atoms with Gasteiger partial charge in [0.15, 0.2) is 0 Å². The fourth-order valence-electron chi connectivity index (χ4n) is 2.34. The van der Waals surface area contributed by atoms with Gasteiger partial charge in [0, 0.05) is 24.5 Å². The summed E-state index contributed by atoms with van der Waals surface area (Å²) in [5.41, 5.74) is 9.23. The van der Waals surface area contributed by atoms with Crippen LogP contribution in [0, 0.1) is 5.82 Å². The molecule has 0 bridgehead atoms. The van der Waals surface area contributed by atoms with Gasteiger partial charge >= 0.3 is 0 Å². The summed E-state index contributed by atoms with van der Waals surface area (Å²) < 4.78 is 18.9. The van der Waals surface area contributed by atoms with Crippen LogP contribution in [0.1, 0.15) is 36.8 Å². The van der Waals surface area contributed by atoms with E-state index in [-0.39, 0.29) is 5.82 Å². The largest absolute Gasteiger partial charge is 0.398 e. The Balaban J connectivity index is 2.41. The molecule has 1 aromatic carbocycles. The number of rotatable bonds is 2. The van der Waals surface area contributed by atoms with Gasteiger partial charge in [-0.1, -0.05) is 6.58 Å². The zero-order valence-electron chi connectivity index (χ0n) is 10.1. The van der Waals surface area contributed by atoms with E-state index in [4.69, 9.17) is 10.5 Å². The quantitative estimate of drug-likeness (QED) is 0.798. The molecule has 0 amide bonds. The van der Waals surface area contributed by atoms with Gasteiger partial charge in [0.05, 0.1) is 0 Å². The smallest absolute Gasteiger partial charge is 0.124 e. The maximum absolute atomic E-state index is 13.6. The summed E-state index contributed by atoms with van der Waals surface area (Å²) in [5, 5.41) is 0. The predicted octanol–water partition coefficient (Wildman–Crippen LogP) is 3.34. The highest BCUT2D eigenvalue weighted by Gasteiger charge is 2.20. The monoisotopic (exact) mass is 235 g/mol. The number of nitrogens with two attached hydrogens (primary N) is 1. The van der Waals surface area contributed by atoms with Crippen molar-refractivity contribution in [2.24, 2.45) is 0 Å². The lowest BCUT2D eigenvalue weighted by molar-refractivity contribution is 0.0854. The van der Waals surface area contributed by atoms with E-state index in [1.165, 1.54) is 6.07 Å². The number of nitrogen functional groups attached to an aromatic ring is 1. The van der Waals surface area contributed by atoms with Crippen LogP contribution in [-0.2, 0) is 4.74 Å². The Morgan fingerprint density at radius 3 is 2.65 bits per heavy atom. The second-order valence-corrected chi connectivity index (χ2v) is 4.62. The van der Waals surface area contributed by atoms with Crippen molar-refractivity contribution in [2.45, 2.75) is 25.7 Å². The molecule has 0 saturated carbocycles. The molecule has 2 N–H and O–H groups in total. The second kappa shape index (κ2) is 4.88. The topological polar surface area (TPSA) is 35.2 Å². The standard InChI is InChI=1S/C14H18FNO/c1-9(2)12-7-11(15)8-13(14(12)16)10-3-5-17-6-4-10/h7-8,10H,1,3-6,16H2,2H3. The zero-order chi connectivity index (χ0) is 12.4. The number of hydrogen-bond donors (Lipinski definition) is 1. The van der Waals surface area contributed by atoms with Crippen LogP contribution in [0.15, 0.2) is 18.7 Å². The summed E-state index contributed by atoms with van der Waals surface area (Å²) in [6.45, 7) is 7.14. The van der Waals surface area contributed by atoms with Crippen molar-refractivity contribution < 1.29 is 9.13 Å². The lowest BCUT2D eigenvalue weighted by atomic mass is 9.88. The molecular weight excluding hydrogens is 217 g/mol. The Kier molecular flexibility index (Phi) is 3.48. The van der Waals surface area contributed by atoms with Gasteiger partial charge in [-0.3, -0.25) is 0 Å². The van der Waals surface area contributed by atoms with E-state index in [1.807, 2.05) is 6.92 Å². The highest BCUT2D eigenvalue weighted by atomic mass is 19.1. The number of halogens is 1. The first-order chi connectivity index (χ1) is 8.09. The maximum atomic E-state index is 13.6. The van der Waals surface area contributed by atoms with Crippen LogP contribution in [-0.4, -0.2) is 13.2 Å². The molecule has 92 valence electrons. The third-order valence-electron chi connectivity index (χ3n) is 3.30. The molecule has 0 aromatic heterocycles. The van der Waals surface area contributed by atoms with Crippen LogP contribution in [0.25, 0.3) is 5.57 Å². The summed E-state index contributed by atoms with van der Waals surface area (Å²) in [5.74, 6) is 0.0660. The van der Waals surface area contributed by atoms with Crippen molar-refractivity contribution in [3.05, 3.63) is 35.7 Å². The molecule has 2 nitrogen and oxygen atoms in total. The fraction of sp³-hybridized carbons (Fsp3) is 0.429. The lowest BCUT2D eigenvalue weighted by Gasteiger charge is -2.24. The molecule has 1 saturated heterocycles. The third-order valence-corrected chi connectivity index (χ3v) is 3.30. The van der Waals surface area contributed by atoms with Gasteiger partial charge in [0.25, 0.3) is 0 Å². The molecule has 1 heterocycles. The van der Waals surface area contributed by atoms with Crippen LogP contribution < -0.4 is 5.73 Å². The van der Waals surface area contributed by atoms with Gasteiger partial charge < -0.3 is 10.5 Å². The van der Waals surface area contributed by atoms with Crippen molar-refractivity contribution in [1.82, 2.24) is 0 Å². The summed E-state index contributed by atoms with van der Waals surface area (Å²) in [7, 11) is 0. The molecule has 2 rings (SSSR count). The number of allylic oxidation sites excluding steroid dienone is 1. The molecule has 17 heavy (non-hydrogen) atoms. The number of hydrogen-bond acceptors (Lipinski definition) is 2. The van der Waals surface area contributed by atoms with Crippen molar-refractivity contribution >= 4 is 11.3 Å². The van der Waals surface area contributed by atoms with Gasteiger partial charge in [0.1, 0.15) is 5.82 Å². The zero-order valence-corrected chi connectivity index (χ0v) is 10.1. The highest BCUT2D eigenvalue weighted by molar-refractivity contribution is 5.75. The third kappa shape index (κ3) is 2.50. The molecular formula is C14H18FNO. The minimum Gasteiger partial charge on any atom is -0.398 e. The Bertz CT molecular complexity index is 436. The second-order valence-electron chi connectivity index (χ2n) is 4.62. The average Bonchev–Trinajstić information content (AvgIpc) is 2.32. The van der Waals surface area contributed by atoms with Crippen LogP contribution >= 0.6 is 0 Å². The van der Waals surface area contributed by atoms with Crippen molar-refractivity contribution in [3.8, 4) is 0 Å². The number of anilines is 1. The molecule has 1 fully saturated rings. The lowest BCUT2D eigenvalue weighted by Crippen LogP contribution is -2.16. The summed E-state index contributed by atoms with van der Waals surface area (Å²) in [4.78, 5) is 0. The Morgan fingerprint density at radius 2 is 2.06 bits per heavy atom. The number of ether oxygens (including phenoxy) is 1. The number of benzene rings is 1. The van der Waals surface area contributed by atoms with Gasteiger partial charge in [-0.15, -0.1) is 0 Å². The predicted molar refractivity (Wildman–Crippen MR) is 68.3 cm³/mol. The first kappa shape index (κ1) is 12.1. The van der Waals surface area contributed by atoms with Crippen LogP contribution in [0.4, 0.5) is 10.1 Å². The molecule has 1 aliphatic rings. The first-order valence-electron chi connectivity index (χ1n) is 5.92.